The number of nitrogens with zero attached hydrogens (tertiary/aromatic N) is 4. The van der Waals surface area contributed by atoms with Crippen LogP contribution >= 0.6 is 0 Å². The molecule has 0 aliphatic heterocycles. The lowest BCUT2D eigenvalue weighted by atomic mass is 10.2. The molecule has 2 aromatic rings. The van der Waals surface area contributed by atoms with Gasteiger partial charge in [-0.1, -0.05) is 18.2 Å². The van der Waals surface area contributed by atoms with Crippen molar-refractivity contribution >= 4 is 5.91 Å². The molecule has 0 aliphatic carbocycles. The van der Waals surface area contributed by atoms with Crippen molar-refractivity contribution in [3.63, 3.8) is 0 Å². The third-order valence-corrected chi connectivity index (χ3v) is 2.70. The van der Waals surface area contributed by atoms with Gasteiger partial charge in [0.2, 0.25) is 5.91 Å². The molecule has 100 valence electrons. The summed E-state index contributed by atoms with van der Waals surface area (Å²) >= 11 is 0. The van der Waals surface area contributed by atoms with Crippen LogP contribution in [-0.4, -0.2) is 33.2 Å². The van der Waals surface area contributed by atoms with Crippen LogP contribution in [0.1, 0.15) is 11.4 Å². The van der Waals surface area contributed by atoms with Gasteiger partial charge in [0, 0.05) is 19.2 Å². The van der Waals surface area contributed by atoms with Crippen molar-refractivity contribution in [2.24, 2.45) is 7.05 Å². The van der Waals surface area contributed by atoms with Crippen molar-refractivity contribution in [2.75, 3.05) is 7.11 Å². The maximum atomic E-state index is 11.8. The van der Waals surface area contributed by atoms with E-state index in [2.05, 4.69) is 20.8 Å². The lowest BCUT2D eigenvalue weighted by Crippen LogP contribution is -2.26. The molecule has 1 aromatic heterocycles. The first-order chi connectivity index (χ1) is 9.20. The molecule has 0 fully saturated rings. The van der Waals surface area contributed by atoms with E-state index in [4.69, 9.17) is 4.74 Å². The molecule has 1 aromatic carbocycles. The predicted octanol–water partition coefficient (Wildman–Crippen LogP) is 0.0776. The van der Waals surface area contributed by atoms with Gasteiger partial charge in [-0.15, -0.1) is 5.10 Å². The number of benzene rings is 1. The Hall–Kier alpha value is -2.44. The Morgan fingerprint density at radius 2 is 2.21 bits per heavy atom. The Bertz CT molecular complexity index is 567. The van der Waals surface area contributed by atoms with Gasteiger partial charge in [0.25, 0.3) is 0 Å². The Morgan fingerprint density at radius 1 is 1.42 bits per heavy atom. The van der Waals surface area contributed by atoms with Gasteiger partial charge in [0.1, 0.15) is 5.75 Å². The highest BCUT2D eigenvalue weighted by Crippen LogP contribution is 2.16. The minimum atomic E-state index is -0.135. The van der Waals surface area contributed by atoms with Crippen LogP contribution in [0.15, 0.2) is 24.3 Å². The van der Waals surface area contributed by atoms with Gasteiger partial charge in [-0.3, -0.25) is 4.79 Å². The molecule has 0 bridgehead atoms. The van der Waals surface area contributed by atoms with Crippen molar-refractivity contribution in [1.29, 1.82) is 0 Å². The molecule has 1 heterocycles. The molecule has 0 unspecified atom stereocenters. The molecule has 19 heavy (non-hydrogen) atoms. The molecule has 7 heteroatoms. The number of para-hydroxylation sites is 1. The van der Waals surface area contributed by atoms with Crippen LogP contribution in [0.3, 0.4) is 0 Å². The van der Waals surface area contributed by atoms with Crippen molar-refractivity contribution in [2.45, 2.75) is 13.0 Å². The number of methoxy groups -OCH3 is 1. The van der Waals surface area contributed by atoms with Gasteiger partial charge < -0.3 is 10.1 Å². The molecule has 2 rings (SSSR count). The number of aromatic nitrogens is 4. The smallest absolute Gasteiger partial charge is 0.227 e. The van der Waals surface area contributed by atoms with Crippen LogP contribution in [0, 0.1) is 0 Å². The number of hydrogen-bond acceptors (Lipinski definition) is 5. The third-order valence-electron chi connectivity index (χ3n) is 2.70. The van der Waals surface area contributed by atoms with E-state index in [0.717, 1.165) is 11.3 Å². The van der Waals surface area contributed by atoms with Crippen LogP contribution in [-0.2, 0) is 24.8 Å². The Labute approximate surface area is 110 Å². The normalized spacial score (nSPS) is 10.2. The molecule has 0 saturated heterocycles. The highest BCUT2D eigenvalue weighted by molar-refractivity contribution is 5.77. The second-order valence-corrected chi connectivity index (χ2v) is 3.98. The first-order valence-electron chi connectivity index (χ1n) is 5.80. The number of hydrogen-bond donors (Lipinski definition) is 1. The van der Waals surface area contributed by atoms with Crippen molar-refractivity contribution in [1.82, 2.24) is 25.5 Å². The minimum Gasteiger partial charge on any atom is -0.496 e. The molecule has 0 radical (unpaired) electrons. The molecular weight excluding hydrogens is 246 g/mol. The van der Waals surface area contributed by atoms with E-state index in [1.54, 1.807) is 14.2 Å². The summed E-state index contributed by atoms with van der Waals surface area (Å²) in [6.07, 6.45) is 0.151. The van der Waals surface area contributed by atoms with Crippen LogP contribution < -0.4 is 10.1 Å². The number of aryl methyl sites for hydroxylation is 1. The first-order valence-corrected chi connectivity index (χ1v) is 5.80. The topological polar surface area (TPSA) is 81.9 Å². The summed E-state index contributed by atoms with van der Waals surface area (Å²) in [5.74, 6) is 1.14. The van der Waals surface area contributed by atoms with E-state index < -0.39 is 0 Å². The summed E-state index contributed by atoms with van der Waals surface area (Å²) in [7, 11) is 3.30. The maximum absolute atomic E-state index is 11.8. The molecular formula is C12H15N5O2. The van der Waals surface area contributed by atoms with E-state index in [1.165, 1.54) is 4.68 Å². The summed E-state index contributed by atoms with van der Waals surface area (Å²) in [5, 5.41) is 13.7. The summed E-state index contributed by atoms with van der Waals surface area (Å²) in [6, 6.07) is 7.54. The van der Waals surface area contributed by atoms with Crippen LogP contribution in [0.2, 0.25) is 0 Å². The van der Waals surface area contributed by atoms with Crippen LogP contribution in [0.5, 0.6) is 5.75 Å². The van der Waals surface area contributed by atoms with Crippen LogP contribution in [0.4, 0.5) is 0 Å². The lowest BCUT2D eigenvalue weighted by molar-refractivity contribution is -0.120. The van der Waals surface area contributed by atoms with Crippen molar-refractivity contribution in [3.8, 4) is 5.75 Å². The number of rotatable bonds is 5. The predicted molar refractivity (Wildman–Crippen MR) is 67.3 cm³/mol. The van der Waals surface area contributed by atoms with Crippen LogP contribution in [0.25, 0.3) is 0 Å². The van der Waals surface area contributed by atoms with E-state index in [9.17, 15) is 4.79 Å². The van der Waals surface area contributed by atoms with Gasteiger partial charge in [0.15, 0.2) is 5.82 Å². The third kappa shape index (κ3) is 3.27. The van der Waals surface area contributed by atoms with Gasteiger partial charge in [-0.25, -0.2) is 4.68 Å². The highest BCUT2D eigenvalue weighted by Gasteiger charge is 2.10. The lowest BCUT2D eigenvalue weighted by Gasteiger charge is -2.09. The first kappa shape index (κ1) is 13.0. The summed E-state index contributed by atoms with van der Waals surface area (Å²) in [5.41, 5.74) is 0.925. The zero-order chi connectivity index (χ0) is 13.7. The standard InChI is InChI=1S/C12H15N5O2/c1-17-11(14-15-16-17)7-12(18)13-8-9-5-3-4-6-10(9)19-2/h3-6H,7-8H2,1-2H3,(H,13,18). The number of amides is 1. The summed E-state index contributed by atoms with van der Waals surface area (Å²) in [6.45, 7) is 0.411. The second kappa shape index (κ2) is 5.94. The van der Waals surface area contributed by atoms with Gasteiger partial charge in [0.05, 0.1) is 13.5 Å². The average molecular weight is 261 g/mol. The number of nitrogens with one attached hydrogen (secondary N) is 1. The minimum absolute atomic E-state index is 0.135. The number of carbonyl (C=O) groups excluding carboxylic acids is 1. The van der Waals surface area contributed by atoms with E-state index in [1.807, 2.05) is 24.3 Å². The molecule has 0 aliphatic rings. The molecule has 0 spiro atoms. The number of carbonyl (C=O) groups is 1. The molecule has 0 saturated carbocycles. The van der Waals surface area contributed by atoms with Crippen molar-refractivity contribution < 1.29 is 9.53 Å². The fraction of sp³-hybridized carbons (Fsp3) is 0.333. The number of tetrazole rings is 1. The molecule has 1 N–H and O–H groups in total. The largest absolute Gasteiger partial charge is 0.496 e. The summed E-state index contributed by atoms with van der Waals surface area (Å²) in [4.78, 5) is 11.8. The molecule has 7 nitrogen and oxygen atoms in total. The average Bonchev–Trinajstić information content (AvgIpc) is 2.82. The number of ether oxygens (including phenoxy) is 1. The van der Waals surface area contributed by atoms with Gasteiger partial charge in [-0.05, 0) is 16.5 Å². The fourth-order valence-electron chi connectivity index (χ4n) is 1.65. The Balaban J connectivity index is 1.92. The zero-order valence-electron chi connectivity index (χ0n) is 10.8. The molecule has 0 atom stereocenters. The van der Waals surface area contributed by atoms with E-state index >= 15 is 0 Å². The SMILES string of the molecule is COc1ccccc1CNC(=O)Cc1nnnn1C. The Morgan fingerprint density at radius 3 is 2.89 bits per heavy atom. The Kier molecular flexibility index (Phi) is 4.07. The van der Waals surface area contributed by atoms with Gasteiger partial charge in [-0.2, -0.15) is 0 Å². The maximum Gasteiger partial charge on any atom is 0.227 e. The van der Waals surface area contributed by atoms with E-state index in [-0.39, 0.29) is 12.3 Å². The summed E-state index contributed by atoms with van der Waals surface area (Å²) < 4.78 is 6.69. The monoisotopic (exact) mass is 261 g/mol. The second-order valence-electron chi connectivity index (χ2n) is 3.98. The van der Waals surface area contributed by atoms with Crippen molar-refractivity contribution in [3.05, 3.63) is 35.7 Å². The van der Waals surface area contributed by atoms with E-state index in [0.29, 0.717) is 12.4 Å². The highest BCUT2D eigenvalue weighted by atomic mass is 16.5. The zero-order valence-corrected chi connectivity index (χ0v) is 10.8. The quantitative estimate of drug-likeness (QED) is 0.824. The fourth-order valence-corrected chi connectivity index (χ4v) is 1.65. The van der Waals surface area contributed by atoms with Gasteiger partial charge >= 0.3 is 0 Å². The molecule has 1 amide bonds.